The van der Waals surface area contributed by atoms with Crippen LogP contribution in [0.3, 0.4) is 0 Å². The van der Waals surface area contributed by atoms with Crippen LogP contribution in [0.15, 0.2) is 36.4 Å². The molecule has 0 aromatic heterocycles. The standard InChI is InChI=1S/C15H13BrClFO/c1-9-3-4-10(7-13(9)18)15(16)12-8-11(17)5-6-14(12)19-2/h3-8,15H,1-2H3. The molecular formula is C15H13BrClFO. The maximum atomic E-state index is 13.6. The number of halogens is 3. The second-order valence-corrected chi connectivity index (χ2v) is 5.61. The topological polar surface area (TPSA) is 9.23 Å². The zero-order chi connectivity index (χ0) is 14.0. The molecule has 4 heteroatoms. The Morgan fingerprint density at radius 2 is 1.95 bits per heavy atom. The molecule has 0 saturated heterocycles. The minimum atomic E-state index is -0.219. The van der Waals surface area contributed by atoms with E-state index in [-0.39, 0.29) is 10.6 Å². The van der Waals surface area contributed by atoms with Crippen LogP contribution in [-0.2, 0) is 0 Å². The van der Waals surface area contributed by atoms with Crippen molar-refractivity contribution in [3.63, 3.8) is 0 Å². The van der Waals surface area contributed by atoms with Crippen molar-refractivity contribution in [1.29, 1.82) is 0 Å². The number of aryl methyl sites for hydroxylation is 1. The summed E-state index contributed by atoms with van der Waals surface area (Å²) in [6.07, 6.45) is 0. The average molecular weight is 344 g/mol. The Hall–Kier alpha value is -1.06. The van der Waals surface area contributed by atoms with E-state index in [0.717, 1.165) is 11.1 Å². The molecule has 0 heterocycles. The van der Waals surface area contributed by atoms with Crippen molar-refractivity contribution in [3.05, 3.63) is 63.9 Å². The second-order valence-electron chi connectivity index (χ2n) is 4.26. The molecule has 0 aliphatic rings. The molecule has 100 valence electrons. The zero-order valence-electron chi connectivity index (χ0n) is 10.6. The van der Waals surface area contributed by atoms with Gasteiger partial charge in [-0.3, -0.25) is 0 Å². The molecule has 0 N–H and O–H groups in total. The van der Waals surface area contributed by atoms with Crippen molar-refractivity contribution in [1.82, 2.24) is 0 Å². The average Bonchev–Trinajstić information content (AvgIpc) is 2.41. The summed E-state index contributed by atoms with van der Waals surface area (Å²) in [7, 11) is 1.60. The van der Waals surface area contributed by atoms with Gasteiger partial charge in [-0.15, -0.1) is 0 Å². The lowest BCUT2D eigenvalue weighted by Gasteiger charge is -2.15. The van der Waals surface area contributed by atoms with Crippen LogP contribution in [0.1, 0.15) is 21.5 Å². The quantitative estimate of drug-likeness (QED) is 0.689. The molecule has 1 nitrogen and oxygen atoms in total. The number of benzene rings is 2. The Morgan fingerprint density at radius 3 is 2.58 bits per heavy atom. The van der Waals surface area contributed by atoms with Gasteiger partial charge in [0.1, 0.15) is 11.6 Å². The van der Waals surface area contributed by atoms with Crippen LogP contribution in [0.4, 0.5) is 4.39 Å². The molecule has 0 spiro atoms. The van der Waals surface area contributed by atoms with Crippen LogP contribution < -0.4 is 4.74 Å². The molecule has 2 rings (SSSR count). The third-order valence-corrected chi connectivity index (χ3v) is 4.21. The first-order valence-corrected chi connectivity index (χ1v) is 7.06. The Morgan fingerprint density at radius 1 is 1.21 bits per heavy atom. The summed E-state index contributed by atoms with van der Waals surface area (Å²) in [5.74, 6) is 0.496. The van der Waals surface area contributed by atoms with Gasteiger partial charge in [0.25, 0.3) is 0 Å². The molecule has 0 saturated carbocycles. The molecule has 19 heavy (non-hydrogen) atoms. The van der Waals surface area contributed by atoms with E-state index in [2.05, 4.69) is 15.9 Å². The molecule has 0 aliphatic heterocycles. The highest BCUT2D eigenvalue weighted by atomic mass is 79.9. The van der Waals surface area contributed by atoms with E-state index in [4.69, 9.17) is 16.3 Å². The molecule has 1 unspecified atom stereocenters. The fourth-order valence-electron chi connectivity index (χ4n) is 1.85. The molecule has 0 amide bonds. The highest BCUT2D eigenvalue weighted by Crippen LogP contribution is 2.38. The first kappa shape index (κ1) is 14.4. The van der Waals surface area contributed by atoms with Crippen LogP contribution in [-0.4, -0.2) is 7.11 Å². The van der Waals surface area contributed by atoms with Crippen LogP contribution in [0.25, 0.3) is 0 Å². The molecular weight excluding hydrogens is 331 g/mol. The maximum Gasteiger partial charge on any atom is 0.126 e. The number of hydrogen-bond acceptors (Lipinski definition) is 1. The minimum absolute atomic E-state index is 0.170. The highest BCUT2D eigenvalue weighted by Gasteiger charge is 2.16. The third kappa shape index (κ3) is 3.10. The Labute approximate surface area is 125 Å². The highest BCUT2D eigenvalue weighted by molar-refractivity contribution is 9.09. The molecule has 0 aliphatic carbocycles. The van der Waals surface area contributed by atoms with Gasteiger partial charge in [0.15, 0.2) is 0 Å². The van der Waals surface area contributed by atoms with Crippen LogP contribution in [0, 0.1) is 12.7 Å². The number of ether oxygens (including phenoxy) is 1. The summed E-state index contributed by atoms with van der Waals surface area (Å²) in [5, 5.41) is 0.618. The number of methoxy groups -OCH3 is 1. The SMILES string of the molecule is COc1ccc(Cl)cc1C(Br)c1ccc(C)c(F)c1. The first-order valence-electron chi connectivity index (χ1n) is 5.76. The fraction of sp³-hybridized carbons (Fsp3) is 0.200. The van der Waals surface area contributed by atoms with Crippen molar-refractivity contribution in [3.8, 4) is 5.75 Å². The third-order valence-electron chi connectivity index (χ3n) is 2.95. The fourth-order valence-corrected chi connectivity index (χ4v) is 2.67. The van der Waals surface area contributed by atoms with E-state index in [9.17, 15) is 4.39 Å². The van der Waals surface area contributed by atoms with E-state index in [0.29, 0.717) is 16.3 Å². The monoisotopic (exact) mass is 342 g/mol. The Kier molecular flexibility index (Phi) is 4.48. The van der Waals surface area contributed by atoms with Gasteiger partial charge in [0, 0.05) is 10.6 Å². The van der Waals surface area contributed by atoms with E-state index in [1.807, 2.05) is 12.1 Å². The maximum absolute atomic E-state index is 13.6. The summed E-state index contributed by atoms with van der Waals surface area (Å²) < 4.78 is 19.0. The molecule has 0 bridgehead atoms. The van der Waals surface area contributed by atoms with Gasteiger partial charge in [-0.05, 0) is 42.3 Å². The lowest BCUT2D eigenvalue weighted by Crippen LogP contribution is -1.98. The lowest BCUT2D eigenvalue weighted by atomic mass is 10.0. The largest absolute Gasteiger partial charge is 0.496 e. The predicted molar refractivity (Wildman–Crippen MR) is 79.9 cm³/mol. The number of rotatable bonds is 3. The van der Waals surface area contributed by atoms with Gasteiger partial charge in [0.2, 0.25) is 0 Å². The van der Waals surface area contributed by atoms with E-state index in [1.54, 1.807) is 32.2 Å². The molecule has 0 radical (unpaired) electrons. The van der Waals surface area contributed by atoms with Crippen LogP contribution in [0.5, 0.6) is 5.75 Å². The normalized spacial score (nSPS) is 12.3. The zero-order valence-corrected chi connectivity index (χ0v) is 12.9. The van der Waals surface area contributed by atoms with Crippen molar-refractivity contribution >= 4 is 27.5 Å². The summed E-state index contributed by atoms with van der Waals surface area (Å²) >= 11 is 9.58. The van der Waals surface area contributed by atoms with Gasteiger partial charge in [0.05, 0.1) is 11.9 Å². The van der Waals surface area contributed by atoms with E-state index >= 15 is 0 Å². The first-order chi connectivity index (χ1) is 9.02. The summed E-state index contributed by atoms with van der Waals surface area (Å²) in [5.41, 5.74) is 2.32. The summed E-state index contributed by atoms with van der Waals surface area (Å²) in [6, 6.07) is 10.6. The van der Waals surface area contributed by atoms with Gasteiger partial charge in [-0.2, -0.15) is 0 Å². The molecule has 0 fully saturated rings. The number of alkyl halides is 1. The van der Waals surface area contributed by atoms with Gasteiger partial charge in [-0.25, -0.2) is 4.39 Å². The number of hydrogen-bond donors (Lipinski definition) is 0. The van der Waals surface area contributed by atoms with Crippen LogP contribution in [0.2, 0.25) is 5.02 Å². The summed E-state index contributed by atoms with van der Waals surface area (Å²) in [4.78, 5) is -0.170. The van der Waals surface area contributed by atoms with Crippen molar-refractivity contribution in [2.75, 3.05) is 7.11 Å². The molecule has 2 aromatic rings. The molecule has 2 aromatic carbocycles. The lowest BCUT2D eigenvalue weighted by molar-refractivity contribution is 0.410. The predicted octanol–water partition coefficient (Wildman–Crippen LogP) is 5.28. The van der Waals surface area contributed by atoms with Crippen LogP contribution >= 0.6 is 27.5 Å². The van der Waals surface area contributed by atoms with Gasteiger partial charge in [-0.1, -0.05) is 39.7 Å². The molecule has 1 atom stereocenters. The minimum Gasteiger partial charge on any atom is -0.496 e. The van der Waals surface area contributed by atoms with Crippen molar-refractivity contribution in [2.24, 2.45) is 0 Å². The van der Waals surface area contributed by atoms with E-state index in [1.165, 1.54) is 6.07 Å². The Bertz CT molecular complexity index is 601. The summed E-state index contributed by atoms with van der Waals surface area (Å²) in [6.45, 7) is 1.74. The smallest absolute Gasteiger partial charge is 0.126 e. The second kappa shape index (κ2) is 5.93. The Balaban J connectivity index is 2.45. The van der Waals surface area contributed by atoms with Crippen molar-refractivity contribution < 1.29 is 9.13 Å². The van der Waals surface area contributed by atoms with Crippen molar-refractivity contribution in [2.45, 2.75) is 11.8 Å². The van der Waals surface area contributed by atoms with Gasteiger partial charge >= 0.3 is 0 Å². The van der Waals surface area contributed by atoms with E-state index < -0.39 is 0 Å². The van der Waals surface area contributed by atoms with Gasteiger partial charge < -0.3 is 4.74 Å².